The first-order chi connectivity index (χ1) is 17.5. The van der Waals surface area contributed by atoms with Crippen LogP contribution in [0.4, 0.5) is 40.1 Å². The Hall–Kier alpha value is -5.19. The molecule has 0 aliphatic heterocycles. The van der Waals surface area contributed by atoms with Gasteiger partial charge in [0.15, 0.2) is 0 Å². The molecule has 0 atom stereocenters. The Bertz CT molecular complexity index is 1410. The average Bonchev–Trinajstić information content (AvgIpc) is 2.92. The maximum absolute atomic E-state index is 12.2. The smallest absolute Gasteiger partial charge is 0.354 e. The summed E-state index contributed by atoms with van der Waals surface area (Å²) in [6.45, 7) is 0. The van der Waals surface area contributed by atoms with E-state index >= 15 is 0 Å². The van der Waals surface area contributed by atoms with Gasteiger partial charge in [-0.25, -0.2) is 14.8 Å². The van der Waals surface area contributed by atoms with Gasteiger partial charge >= 0.3 is 11.7 Å². The van der Waals surface area contributed by atoms with Crippen LogP contribution >= 0.6 is 0 Å². The molecule has 0 saturated carbocycles. The second-order valence-electron chi connectivity index (χ2n) is 7.43. The Kier molecular flexibility index (Phi) is 7.20. The van der Waals surface area contributed by atoms with Crippen molar-refractivity contribution in [3.05, 3.63) is 101 Å². The lowest BCUT2D eigenvalue weighted by Gasteiger charge is -2.21. The Labute approximate surface area is 206 Å². The van der Waals surface area contributed by atoms with E-state index in [-0.39, 0.29) is 22.9 Å². The molecular formula is C25H21N7O4. The molecular weight excluding hydrogens is 462 g/mol. The lowest BCUT2D eigenvalue weighted by atomic mass is 10.1. The lowest BCUT2D eigenvalue weighted by Crippen LogP contribution is -2.18. The SMILES string of the molecule is COC(=O)c1ccccc1N(C)c1ncnc(Nc2ccc(N=Nc3ccccc3)cc2)c1[N+](=O)[O-]. The summed E-state index contributed by atoms with van der Waals surface area (Å²) in [5.74, 6) is -0.579. The highest BCUT2D eigenvalue weighted by Crippen LogP contribution is 2.37. The molecule has 4 aromatic rings. The molecule has 0 saturated heterocycles. The third-order valence-electron chi connectivity index (χ3n) is 5.14. The minimum atomic E-state index is -0.572. The summed E-state index contributed by atoms with van der Waals surface area (Å²) in [5.41, 5.74) is 2.17. The Balaban J connectivity index is 1.62. The number of rotatable bonds is 8. The van der Waals surface area contributed by atoms with Crippen LogP contribution in [0, 0.1) is 10.1 Å². The van der Waals surface area contributed by atoms with Crippen molar-refractivity contribution < 1.29 is 14.5 Å². The number of anilines is 4. The fourth-order valence-corrected chi connectivity index (χ4v) is 3.40. The van der Waals surface area contributed by atoms with E-state index in [0.29, 0.717) is 17.1 Å². The number of nitrogens with one attached hydrogen (secondary N) is 1. The predicted molar refractivity (Wildman–Crippen MR) is 135 cm³/mol. The highest BCUT2D eigenvalue weighted by molar-refractivity contribution is 5.97. The summed E-state index contributed by atoms with van der Waals surface area (Å²) in [7, 11) is 2.84. The van der Waals surface area contributed by atoms with Gasteiger partial charge in [-0.2, -0.15) is 10.2 Å². The number of esters is 1. The van der Waals surface area contributed by atoms with Crippen LogP contribution in [0.2, 0.25) is 0 Å². The van der Waals surface area contributed by atoms with Gasteiger partial charge in [0.25, 0.3) is 0 Å². The molecule has 11 heteroatoms. The number of nitro groups is 1. The van der Waals surface area contributed by atoms with Crippen LogP contribution in [-0.2, 0) is 4.74 Å². The summed E-state index contributed by atoms with van der Waals surface area (Å²) in [5, 5.41) is 23.4. The van der Waals surface area contributed by atoms with Gasteiger partial charge in [-0.1, -0.05) is 30.3 Å². The topological polar surface area (TPSA) is 135 Å². The fourth-order valence-electron chi connectivity index (χ4n) is 3.40. The molecule has 0 radical (unpaired) electrons. The Morgan fingerprint density at radius 1 is 0.944 bits per heavy atom. The molecule has 3 aromatic carbocycles. The number of aromatic nitrogens is 2. The molecule has 0 amide bonds. The van der Waals surface area contributed by atoms with E-state index in [1.807, 2.05) is 30.3 Å². The minimum absolute atomic E-state index is 0.00198. The number of hydrogen-bond donors (Lipinski definition) is 1. The first kappa shape index (κ1) is 24.0. The van der Waals surface area contributed by atoms with Crippen LogP contribution in [0.15, 0.2) is 95.4 Å². The van der Waals surface area contributed by atoms with E-state index in [4.69, 9.17) is 4.74 Å². The highest BCUT2D eigenvalue weighted by atomic mass is 16.6. The number of carbonyl (C=O) groups excluding carboxylic acids is 1. The van der Waals surface area contributed by atoms with Crippen LogP contribution in [0.1, 0.15) is 10.4 Å². The van der Waals surface area contributed by atoms with Crippen LogP contribution < -0.4 is 10.2 Å². The number of nitrogens with zero attached hydrogens (tertiary/aromatic N) is 6. The molecule has 0 spiro atoms. The molecule has 4 rings (SSSR count). The van der Waals surface area contributed by atoms with Gasteiger partial charge in [-0.15, -0.1) is 0 Å². The first-order valence-corrected chi connectivity index (χ1v) is 10.7. The molecule has 1 aromatic heterocycles. The van der Waals surface area contributed by atoms with E-state index < -0.39 is 10.9 Å². The standard InChI is InChI=1S/C25H21N7O4/c1-31(21-11-7-6-10-20(21)25(33)36-2)24-22(32(34)35)23(26-16-27-24)28-17-12-14-19(15-13-17)30-29-18-8-4-3-5-9-18/h3-16H,1-2H3,(H,26,27,28). The molecule has 0 unspecified atom stereocenters. The highest BCUT2D eigenvalue weighted by Gasteiger charge is 2.28. The first-order valence-electron chi connectivity index (χ1n) is 10.7. The molecule has 0 bridgehead atoms. The van der Waals surface area contributed by atoms with E-state index in [2.05, 4.69) is 25.5 Å². The minimum Gasteiger partial charge on any atom is -0.465 e. The van der Waals surface area contributed by atoms with Crippen LogP contribution in [0.25, 0.3) is 0 Å². The van der Waals surface area contributed by atoms with Crippen molar-refractivity contribution in [2.45, 2.75) is 0 Å². The fraction of sp³-hybridized carbons (Fsp3) is 0.0800. The maximum Gasteiger partial charge on any atom is 0.354 e. The number of para-hydroxylation sites is 1. The van der Waals surface area contributed by atoms with Crippen LogP contribution in [0.5, 0.6) is 0 Å². The van der Waals surface area contributed by atoms with E-state index in [9.17, 15) is 14.9 Å². The van der Waals surface area contributed by atoms with Gasteiger partial charge in [0.1, 0.15) is 6.33 Å². The number of azo groups is 1. The van der Waals surface area contributed by atoms with Gasteiger partial charge in [-0.3, -0.25) is 10.1 Å². The van der Waals surface area contributed by atoms with Crippen LogP contribution in [0.3, 0.4) is 0 Å². The summed E-state index contributed by atoms with van der Waals surface area (Å²) in [6, 6.07) is 22.8. The molecule has 11 nitrogen and oxygen atoms in total. The number of hydrogen-bond acceptors (Lipinski definition) is 10. The van der Waals surface area contributed by atoms with Crippen molar-refractivity contribution >= 4 is 46.0 Å². The van der Waals surface area contributed by atoms with Gasteiger partial charge in [0, 0.05) is 12.7 Å². The Morgan fingerprint density at radius 3 is 2.25 bits per heavy atom. The van der Waals surface area contributed by atoms with E-state index in [0.717, 1.165) is 5.69 Å². The van der Waals surface area contributed by atoms with Gasteiger partial charge in [-0.05, 0) is 48.5 Å². The zero-order valence-electron chi connectivity index (χ0n) is 19.4. The molecule has 36 heavy (non-hydrogen) atoms. The summed E-state index contributed by atoms with van der Waals surface area (Å²) in [6.07, 6.45) is 1.21. The van der Waals surface area contributed by atoms with E-state index in [1.54, 1.807) is 55.6 Å². The number of benzene rings is 3. The molecule has 1 N–H and O–H groups in total. The van der Waals surface area contributed by atoms with Crippen molar-refractivity contribution in [1.82, 2.24) is 9.97 Å². The van der Waals surface area contributed by atoms with Gasteiger partial charge in [0.05, 0.1) is 34.7 Å². The third kappa shape index (κ3) is 5.30. The average molecular weight is 483 g/mol. The molecule has 0 aliphatic rings. The van der Waals surface area contributed by atoms with Crippen molar-refractivity contribution in [2.75, 3.05) is 24.4 Å². The maximum atomic E-state index is 12.2. The number of carbonyl (C=O) groups is 1. The normalized spacial score (nSPS) is 10.7. The summed E-state index contributed by atoms with van der Waals surface area (Å²) >= 11 is 0. The molecule has 0 aliphatic carbocycles. The van der Waals surface area contributed by atoms with E-state index in [1.165, 1.54) is 18.3 Å². The van der Waals surface area contributed by atoms with Crippen molar-refractivity contribution in [2.24, 2.45) is 10.2 Å². The molecule has 0 fully saturated rings. The zero-order chi connectivity index (χ0) is 25.5. The number of methoxy groups -OCH3 is 1. The van der Waals surface area contributed by atoms with Gasteiger partial charge < -0.3 is 15.0 Å². The third-order valence-corrected chi connectivity index (χ3v) is 5.14. The molecule has 1 heterocycles. The Morgan fingerprint density at radius 2 is 1.58 bits per heavy atom. The quantitative estimate of drug-likeness (QED) is 0.137. The van der Waals surface area contributed by atoms with Crippen molar-refractivity contribution in [3.8, 4) is 0 Å². The number of ether oxygens (including phenoxy) is 1. The summed E-state index contributed by atoms with van der Waals surface area (Å²) < 4.78 is 4.84. The van der Waals surface area contributed by atoms with Crippen molar-refractivity contribution in [1.29, 1.82) is 0 Å². The summed E-state index contributed by atoms with van der Waals surface area (Å²) in [4.78, 5) is 33.3. The second-order valence-corrected chi connectivity index (χ2v) is 7.43. The van der Waals surface area contributed by atoms with Gasteiger partial charge in [0.2, 0.25) is 11.6 Å². The van der Waals surface area contributed by atoms with Crippen molar-refractivity contribution in [3.63, 3.8) is 0 Å². The lowest BCUT2D eigenvalue weighted by molar-refractivity contribution is -0.383. The van der Waals surface area contributed by atoms with Crippen LogP contribution in [-0.4, -0.2) is 35.0 Å². The second kappa shape index (κ2) is 10.8. The monoisotopic (exact) mass is 483 g/mol. The largest absolute Gasteiger partial charge is 0.465 e. The zero-order valence-corrected chi connectivity index (χ0v) is 19.4. The molecule has 180 valence electrons. The predicted octanol–water partition coefficient (Wildman–Crippen LogP) is 6.10.